The van der Waals surface area contributed by atoms with Crippen molar-refractivity contribution >= 4 is 15.9 Å². The van der Waals surface area contributed by atoms with Crippen LogP contribution in [0.15, 0.2) is 28.7 Å². The van der Waals surface area contributed by atoms with Gasteiger partial charge in [0.1, 0.15) is 12.4 Å². The Hall–Kier alpha value is -0.540. The minimum absolute atomic E-state index is 0.766. The molecule has 1 aromatic carbocycles. The van der Waals surface area contributed by atoms with Crippen LogP contribution in [0.4, 0.5) is 0 Å². The lowest BCUT2D eigenvalue weighted by Gasteiger charge is -2.11. The highest BCUT2D eigenvalue weighted by Crippen LogP contribution is 2.65. The van der Waals surface area contributed by atoms with E-state index in [9.17, 15) is 0 Å². The molecule has 3 heteroatoms. The largest absolute Gasteiger partial charge is 0.492 e. The summed E-state index contributed by atoms with van der Waals surface area (Å²) in [5, 5.41) is 3.71. The van der Waals surface area contributed by atoms with E-state index in [2.05, 4.69) is 21.2 Å². The zero-order chi connectivity index (χ0) is 12.8. The summed E-state index contributed by atoms with van der Waals surface area (Å²) in [6, 6.07) is 8.88. The molecular weight excluding hydrogens is 302 g/mol. The van der Waals surface area contributed by atoms with E-state index in [0.717, 1.165) is 53.1 Å². The zero-order valence-electron chi connectivity index (χ0n) is 11.0. The van der Waals surface area contributed by atoms with Crippen molar-refractivity contribution in [3.8, 4) is 5.75 Å². The van der Waals surface area contributed by atoms with Crippen LogP contribution < -0.4 is 10.1 Å². The van der Waals surface area contributed by atoms with Crippen LogP contribution in [0.5, 0.6) is 5.75 Å². The first-order valence-corrected chi connectivity index (χ1v) is 8.24. The minimum Gasteiger partial charge on any atom is -0.492 e. The van der Waals surface area contributed by atoms with Crippen LogP contribution in [0.2, 0.25) is 0 Å². The van der Waals surface area contributed by atoms with E-state index in [1.54, 1.807) is 0 Å². The van der Waals surface area contributed by atoms with Crippen LogP contribution in [-0.4, -0.2) is 19.2 Å². The molecule has 0 radical (unpaired) electrons. The Morgan fingerprint density at radius 3 is 2.74 bits per heavy atom. The highest BCUT2D eigenvalue weighted by atomic mass is 79.9. The van der Waals surface area contributed by atoms with Gasteiger partial charge in [-0.2, -0.15) is 0 Å². The number of fused-ring (bicyclic) bond motifs is 5. The third kappa shape index (κ3) is 2.21. The van der Waals surface area contributed by atoms with E-state index in [4.69, 9.17) is 4.74 Å². The Morgan fingerprint density at radius 2 is 2.00 bits per heavy atom. The maximum atomic E-state index is 5.76. The molecule has 2 bridgehead atoms. The SMILES string of the molecule is Brc1cccc(OCCNC2C3C4CCC(C4)C23)c1. The molecule has 4 rings (SSSR count). The second-order valence-corrected chi connectivity index (χ2v) is 7.19. The molecule has 0 aliphatic heterocycles. The van der Waals surface area contributed by atoms with Gasteiger partial charge in [-0.25, -0.2) is 0 Å². The van der Waals surface area contributed by atoms with Crippen LogP contribution in [0.3, 0.4) is 0 Å². The third-order valence-corrected chi connectivity index (χ3v) is 5.78. The Bertz CT molecular complexity index is 462. The topological polar surface area (TPSA) is 21.3 Å². The van der Waals surface area contributed by atoms with Crippen LogP contribution >= 0.6 is 15.9 Å². The van der Waals surface area contributed by atoms with Crippen molar-refractivity contribution in [2.24, 2.45) is 23.7 Å². The van der Waals surface area contributed by atoms with Gasteiger partial charge < -0.3 is 10.1 Å². The van der Waals surface area contributed by atoms with E-state index in [0.29, 0.717) is 0 Å². The molecule has 3 saturated carbocycles. The Kier molecular flexibility index (Phi) is 3.07. The lowest BCUT2D eigenvalue weighted by molar-refractivity contribution is 0.307. The van der Waals surface area contributed by atoms with Crippen molar-refractivity contribution in [1.82, 2.24) is 5.32 Å². The van der Waals surface area contributed by atoms with E-state index < -0.39 is 0 Å². The lowest BCUT2D eigenvalue weighted by Crippen LogP contribution is -2.27. The van der Waals surface area contributed by atoms with Gasteiger partial charge in [-0.1, -0.05) is 22.0 Å². The van der Waals surface area contributed by atoms with Gasteiger partial charge in [0.25, 0.3) is 0 Å². The molecule has 0 aromatic heterocycles. The fourth-order valence-corrected chi connectivity index (χ4v) is 4.93. The van der Waals surface area contributed by atoms with Crippen molar-refractivity contribution in [3.05, 3.63) is 28.7 Å². The number of nitrogens with one attached hydrogen (secondary N) is 1. The molecule has 3 fully saturated rings. The first kappa shape index (κ1) is 12.2. The van der Waals surface area contributed by atoms with Gasteiger partial charge in [-0.15, -0.1) is 0 Å². The summed E-state index contributed by atoms with van der Waals surface area (Å²) in [4.78, 5) is 0. The first-order chi connectivity index (χ1) is 9.33. The van der Waals surface area contributed by atoms with Crippen molar-refractivity contribution in [3.63, 3.8) is 0 Å². The summed E-state index contributed by atoms with van der Waals surface area (Å²) < 4.78 is 6.84. The highest BCUT2D eigenvalue weighted by molar-refractivity contribution is 9.10. The molecule has 3 aliphatic rings. The summed E-state index contributed by atoms with van der Waals surface area (Å²) in [6.45, 7) is 1.74. The van der Waals surface area contributed by atoms with Gasteiger partial charge in [-0.3, -0.25) is 0 Å². The fraction of sp³-hybridized carbons (Fsp3) is 0.625. The van der Waals surface area contributed by atoms with Crippen molar-refractivity contribution in [1.29, 1.82) is 0 Å². The maximum absolute atomic E-state index is 5.76. The van der Waals surface area contributed by atoms with Crippen LogP contribution in [0.1, 0.15) is 19.3 Å². The molecule has 4 unspecified atom stereocenters. The zero-order valence-corrected chi connectivity index (χ0v) is 12.6. The van der Waals surface area contributed by atoms with Crippen LogP contribution in [0.25, 0.3) is 0 Å². The van der Waals surface area contributed by atoms with E-state index >= 15 is 0 Å². The predicted molar refractivity (Wildman–Crippen MR) is 79.2 cm³/mol. The number of rotatable bonds is 5. The predicted octanol–water partition coefficient (Wildman–Crippen LogP) is 3.46. The number of hydrogen-bond donors (Lipinski definition) is 1. The van der Waals surface area contributed by atoms with Crippen LogP contribution in [0, 0.1) is 23.7 Å². The van der Waals surface area contributed by atoms with Gasteiger partial charge in [0.2, 0.25) is 0 Å². The molecule has 0 saturated heterocycles. The molecule has 1 aromatic rings. The molecule has 4 atom stereocenters. The number of benzene rings is 1. The van der Waals surface area contributed by atoms with Gasteiger partial charge in [0.15, 0.2) is 0 Å². The normalized spacial score (nSPS) is 38.3. The molecule has 0 amide bonds. The van der Waals surface area contributed by atoms with Crippen molar-refractivity contribution in [2.45, 2.75) is 25.3 Å². The van der Waals surface area contributed by atoms with Gasteiger partial charge in [0.05, 0.1) is 0 Å². The Balaban J connectivity index is 1.21. The van der Waals surface area contributed by atoms with Crippen molar-refractivity contribution < 1.29 is 4.74 Å². The Morgan fingerprint density at radius 1 is 1.21 bits per heavy atom. The summed E-state index contributed by atoms with van der Waals surface area (Å²) in [5.41, 5.74) is 0. The quantitative estimate of drug-likeness (QED) is 0.838. The summed E-state index contributed by atoms with van der Waals surface area (Å²) >= 11 is 3.46. The van der Waals surface area contributed by atoms with E-state index in [1.807, 2.05) is 24.3 Å². The monoisotopic (exact) mass is 321 g/mol. The minimum atomic E-state index is 0.766. The van der Waals surface area contributed by atoms with E-state index in [-0.39, 0.29) is 0 Å². The second-order valence-electron chi connectivity index (χ2n) is 6.27. The first-order valence-electron chi connectivity index (χ1n) is 7.45. The molecular formula is C16H20BrNO. The third-order valence-electron chi connectivity index (χ3n) is 5.28. The van der Waals surface area contributed by atoms with Gasteiger partial charge >= 0.3 is 0 Å². The van der Waals surface area contributed by atoms with Crippen molar-refractivity contribution in [2.75, 3.05) is 13.2 Å². The van der Waals surface area contributed by atoms with E-state index in [1.165, 1.54) is 19.3 Å². The standard InChI is InChI=1S/C16H20BrNO/c17-12-2-1-3-13(9-12)19-7-6-18-16-14-10-4-5-11(8-10)15(14)16/h1-3,9-11,14-16,18H,4-8H2. The lowest BCUT2D eigenvalue weighted by atomic mass is 10.0. The van der Waals surface area contributed by atoms with Crippen LogP contribution in [-0.2, 0) is 0 Å². The second kappa shape index (κ2) is 4.78. The molecule has 102 valence electrons. The average molecular weight is 322 g/mol. The fourth-order valence-electron chi connectivity index (χ4n) is 4.55. The smallest absolute Gasteiger partial charge is 0.120 e. The molecule has 2 nitrogen and oxygen atoms in total. The van der Waals surface area contributed by atoms with Gasteiger partial charge in [0, 0.05) is 17.1 Å². The highest BCUT2D eigenvalue weighted by Gasteiger charge is 2.64. The maximum Gasteiger partial charge on any atom is 0.120 e. The molecule has 19 heavy (non-hydrogen) atoms. The summed E-state index contributed by atoms with van der Waals surface area (Å²) in [6.07, 6.45) is 4.53. The molecule has 0 heterocycles. The summed E-state index contributed by atoms with van der Waals surface area (Å²) in [5.74, 6) is 5.10. The molecule has 0 spiro atoms. The average Bonchev–Trinajstić information content (AvgIpc) is 2.80. The number of ether oxygens (including phenoxy) is 1. The summed E-state index contributed by atoms with van der Waals surface area (Å²) in [7, 11) is 0. The number of halogens is 1. The molecule has 1 N–H and O–H groups in total. The number of hydrogen-bond acceptors (Lipinski definition) is 2. The molecule has 3 aliphatic carbocycles. The van der Waals surface area contributed by atoms with Gasteiger partial charge in [-0.05, 0) is 61.1 Å². The Labute approximate surface area is 123 Å².